The van der Waals surface area contributed by atoms with Crippen molar-refractivity contribution >= 4 is 34.8 Å². The molecular weight excluding hydrogens is 354 g/mol. The van der Waals surface area contributed by atoms with Gasteiger partial charge in [0, 0.05) is 43.5 Å². The van der Waals surface area contributed by atoms with Crippen LogP contribution in [0.1, 0.15) is 25.8 Å². The van der Waals surface area contributed by atoms with Crippen LogP contribution in [0.15, 0.2) is 48.5 Å². The molecule has 0 aliphatic carbocycles. The number of rotatable bonds is 5. The maximum atomic E-state index is 13.1. The van der Waals surface area contributed by atoms with E-state index in [9.17, 15) is 14.4 Å². The summed E-state index contributed by atoms with van der Waals surface area (Å²) < 4.78 is 0. The molecule has 6 nitrogen and oxygen atoms in total. The van der Waals surface area contributed by atoms with E-state index in [1.54, 1.807) is 28.0 Å². The third-order valence-corrected chi connectivity index (χ3v) is 4.85. The highest BCUT2D eigenvalue weighted by molar-refractivity contribution is 6.04. The maximum absolute atomic E-state index is 13.1. The van der Waals surface area contributed by atoms with Gasteiger partial charge in [-0.25, -0.2) is 0 Å². The zero-order chi connectivity index (χ0) is 20.3. The van der Waals surface area contributed by atoms with Crippen LogP contribution in [0.25, 0.3) is 0 Å². The lowest BCUT2D eigenvalue weighted by Gasteiger charge is -2.25. The Morgan fingerprint density at radius 3 is 2.61 bits per heavy atom. The van der Waals surface area contributed by atoms with Crippen LogP contribution < -0.4 is 15.1 Å². The number of aryl methyl sites for hydroxylation is 1. The molecule has 2 aromatic carbocycles. The van der Waals surface area contributed by atoms with Gasteiger partial charge in [-0.1, -0.05) is 18.2 Å². The minimum absolute atomic E-state index is 0.0398. The summed E-state index contributed by atoms with van der Waals surface area (Å²) in [4.78, 5) is 40.3. The third-order valence-electron chi connectivity index (χ3n) is 4.85. The lowest BCUT2D eigenvalue weighted by Crippen LogP contribution is -2.37. The maximum Gasteiger partial charge on any atom is 0.232 e. The van der Waals surface area contributed by atoms with Crippen molar-refractivity contribution in [2.24, 2.45) is 5.92 Å². The second-order valence-corrected chi connectivity index (χ2v) is 7.06. The van der Waals surface area contributed by atoms with Crippen molar-refractivity contribution in [3.05, 3.63) is 54.1 Å². The van der Waals surface area contributed by atoms with Crippen LogP contribution in [-0.4, -0.2) is 30.8 Å². The zero-order valence-corrected chi connectivity index (χ0v) is 16.4. The largest absolute Gasteiger partial charge is 0.326 e. The molecule has 146 valence electrons. The average Bonchev–Trinajstić information content (AvgIpc) is 3.04. The van der Waals surface area contributed by atoms with Gasteiger partial charge in [0.2, 0.25) is 17.7 Å². The summed E-state index contributed by atoms with van der Waals surface area (Å²) in [6.07, 6.45) is 0.186. The summed E-state index contributed by atoms with van der Waals surface area (Å²) >= 11 is 0. The number of nitrogens with zero attached hydrogens (tertiary/aromatic N) is 2. The van der Waals surface area contributed by atoms with Crippen LogP contribution in [0.4, 0.5) is 17.1 Å². The van der Waals surface area contributed by atoms with Gasteiger partial charge in [0.05, 0.1) is 5.92 Å². The van der Waals surface area contributed by atoms with E-state index in [0.717, 1.165) is 11.3 Å². The number of hydrogen-bond donors (Lipinski definition) is 1. The lowest BCUT2D eigenvalue weighted by molar-refractivity contribution is -0.124. The summed E-state index contributed by atoms with van der Waals surface area (Å²) in [5.74, 6) is -0.687. The molecule has 0 bridgehead atoms. The summed E-state index contributed by atoms with van der Waals surface area (Å²) in [5.41, 5.74) is 3.25. The highest BCUT2D eigenvalue weighted by Gasteiger charge is 2.37. The Bertz CT molecular complexity index is 909. The SMILES string of the molecule is CCN(C(=O)C1CC(=O)N(c2cccc(NC(C)=O)c2)C1)c1cccc(C)c1. The Morgan fingerprint density at radius 2 is 1.93 bits per heavy atom. The fraction of sp³-hybridized carbons (Fsp3) is 0.318. The molecule has 1 heterocycles. The number of amides is 3. The molecule has 1 fully saturated rings. The molecule has 3 rings (SSSR count). The van der Waals surface area contributed by atoms with Gasteiger partial charge in [-0.2, -0.15) is 0 Å². The van der Waals surface area contributed by atoms with E-state index >= 15 is 0 Å². The second-order valence-electron chi connectivity index (χ2n) is 7.06. The van der Waals surface area contributed by atoms with Crippen molar-refractivity contribution in [3.8, 4) is 0 Å². The molecule has 0 radical (unpaired) electrons. The monoisotopic (exact) mass is 379 g/mol. The Morgan fingerprint density at radius 1 is 1.18 bits per heavy atom. The Hall–Kier alpha value is -3.15. The smallest absolute Gasteiger partial charge is 0.232 e. The van der Waals surface area contributed by atoms with E-state index in [-0.39, 0.29) is 24.1 Å². The molecule has 0 aromatic heterocycles. The minimum atomic E-state index is -0.391. The fourth-order valence-corrected chi connectivity index (χ4v) is 3.56. The number of benzene rings is 2. The molecule has 1 N–H and O–H groups in total. The first-order valence-corrected chi connectivity index (χ1v) is 9.45. The molecule has 1 saturated heterocycles. The number of hydrogen-bond acceptors (Lipinski definition) is 3. The van der Waals surface area contributed by atoms with E-state index in [1.807, 2.05) is 44.2 Å². The molecule has 1 aliphatic heterocycles. The van der Waals surface area contributed by atoms with Crippen molar-refractivity contribution in [1.29, 1.82) is 0 Å². The van der Waals surface area contributed by atoms with E-state index in [4.69, 9.17) is 0 Å². The summed E-state index contributed by atoms with van der Waals surface area (Å²) in [7, 11) is 0. The predicted molar refractivity (Wildman–Crippen MR) is 110 cm³/mol. The van der Waals surface area contributed by atoms with Crippen LogP contribution in [0, 0.1) is 12.8 Å². The van der Waals surface area contributed by atoms with Gasteiger partial charge in [-0.15, -0.1) is 0 Å². The van der Waals surface area contributed by atoms with Crippen LogP contribution in [-0.2, 0) is 14.4 Å². The molecule has 1 unspecified atom stereocenters. The summed E-state index contributed by atoms with van der Waals surface area (Å²) in [5, 5.41) is 2.72. The number of nitrogens with one attached hydrogen (secondary N) is 1. The van der Waals surface area contributed by atoms with Crippen LogP contribution >= 0.6 is 0 Å². The lowest BCUT2D eigenvalue weighted by atomic mass is 10.1. The number of carbonyl (C=O) groups excluding carboxylic acids is 3. The van der Waals surface area contributed by atoms with E-state index in [2.05, 4.69) is 5.32 Å². The van der Waals surface area contributed by atoms with Gasteiger partial charge in [0.1, 0.15) is 0 Å². The van der Waals surface area contributed by atoms with Crippen LogP contribution in [0.2, 0.25) is 0 Å². The van der Waals surface area contributed by atoms with Crippen molar-refractivity contribution in [3.63, 3.8) is 0 Å². The van der Waals surface area contributed by atoms with Gasteiger partial charge < -0.3 is 15.1 Å². The number of anilines is 3. The first-order valence-electron chi connectivity index (χ1n) is 9.45. The second kappa shape index (κ2) is 8.25. The van der Waals surface area contributed by atoms with Crippen molar-refractivity contribution < 1.29 is 14.4 Å². The van der Waals surface area contributed by atoms with E-state index in [0.29, 0.717) is 24.5 Å². The van der Waals surface area contributed by atoms with Gasteiger partial charge in [-0.05, 0) is 49.7 Å². The van der Waals surface area contributed by atoms with Gasteiger partial charge in [0.15, 0.2) is 0 Å². The Balaban J connectivity index is 1.78. The Kier molecular flexibility index (Phi) is 5.78. The normalized spacial score (nSPS) is 16.2. The number of carbonyl (C=O) groups is 3. The Labute approximate surface area is 165 Å². The average molecular weight is 379 g/mol. The van der Waals surface area contributed by atoms with Gasteiger partial charge in [-0.3, -0.25) is 14.4 Å². The molecular formula is C22H25N3O3. The van der Waals surface area contributed by atoms with Crippen LogP contribution in [0.3, 0.4) is 0 Å². The zero-order valence-electron chi connectivity index (χ0n) is 16.4. The molecule has 1 aliphatic rings. The van der Waals surface area contributed by atoms with Crippen molar-refractivity contribution in [2.45, 2.75) is 27.2 Å². The summed E-state index contributed by atoms with van der Waals surface area (Å²) in [6.45, 7) is 6.25. The first kappa shape index (κ1) is 19.6. The molecule has 2 aromatic rings. The van der Waals surface area contributed by atoms with E-state index in [1.165, 1.54) is 6.92 Å². The predicted octanol–water partition coefficient (Wildman–Crippen LogP) is 3.36. The minimum Gasteiger partial charge on any atom is -0.326 e. The summed E-state index contributed by atoms with van der Waals surface area (Å²) in [6, 6.07) is 14.9. The highest BCUT2D eigenvalue weighted by Crippen LogP contribution is 2.29. The molecule has 0 spiro atoms. The molecule has 1 atom stereocenters. The van der Waals surface area contributed by atoms with E-state index < -0.39 is 5.92 Å². The topological polar surface area (TPSA) is 69.7 Å². The molecule has 0 saturated carbocycles. The highest BCUT2D eigenvalue weighted by atomic mass is 16.2. The third kappa shape index (κ3) is 4.22. The quantitative estimate of drug-likeness (QED) is 0.866. The first-order chi connectivity index (χ1) is 13.4. The van der Waals surface area contributed by atoms with Gasteiger partial charge in [0.25, 0.3) is 0 Å². The van der Waals surface area contributed by atoms with Gasteiger partial charge >= 0.3 is 0 Å². The molecule has 6 heteroatoms. The molecule has 28 heavy (non-hydrogen) atoms. The molecule has 3 amide bonds. The van der Waals surface area contributed by atoms with Crippen LogP contribution in [0.5, 0.6) is 0 Å². The fourth-order valence-electron chi connectivity index (χ4n) is 3.56. The standard InChI is InChI=1S/C22H25N3O3/c1-4-24(19-9-5-7-15(2)11-19)22(28)17-12-21(27)25(14-17)20-10-6-8-18(13-20)23-16(3)26/h5-11,13,17H,4,12,14H2,1-3H3,(H,23,26). The van der Waals surface area contributed by atoms with Crippen molar-refractivity contribution in [1.82, 2.24) is 0 Å². The van der Waals surface area contributed by atoms with Crippen molar-refractivity contribution in [2.75, 3.05) is 28.2 Å².